The van der Waals surface area contributed by atoms with E-state index in [1.807, 2.05) is 4.90 Å². The third-order valence-electron chi connectivity index (χ3n) is 3.80. The highest BCUT2D eigenvalue weighted by Gasteiger charge is 2.33. The van der Waals surface area contributed by atoms with Gasteiger partial charge in [0.25, 0.3) is 0 Å². The quantitative estimate of drug-likeness (QED) is 0.926. The van der Waals surface area contributed by atoms with Gasteiger partial charge < -0.3 is 15.5 Å². The molecule has 0 amide bonds. The predicted octanol–water partition coefficient (Wildman–Crippen LogP) is 2.31. The standard InChI is InChI=1S/C14H20F3N3/c1-2-19-5-7-20(8-6-19)12-4-3-11(10-18)13(9-12)14(15,16)17/h3-4,9H,2,5-8,10,18H2,1H3. The molecule has 0 saturated carbocycles. The molecule has 6 heteroatoms. The van der Waals surface area contributed by atoms with Gasteiger partial charge >= 0.3 is 6.18 Å². The summed E-state index contributed by atoms with van der Waals surface area (Å²) in [5.41, 5.74) is 5.55. The zero-order chi connectivity index (χ0) is 14.8. The van der Waals surface area contributed by atoms with Gasteiger partial charge in [-0.15, -0.1) is 0 Å². The van der Waals surface area contributed by atoms with E-state index < -0.39 is 11.7 Å². The lowest BCUT2D eigenvalue weighted by Crippen LogP contribution is -2.46. The number of benzene rings is 1. The molecule has 0 aliphatic carbocycles. The van der Waals surface area contributed by atoms with Crippen LogP contribution in [-0.4, -0.2) is 37.6 Å². The molecule has 20 heavy (non-hydrogen) atoms. The monoisotopic (exact) mass is 287 g/mol. The van der Waals surface area contributed by atoms with E-state index in [0.717, 1.165) is 32.7 Å². The van der Waals surface area contributed by atoms with Gasteiger partial charge in [-0.05, 0) is 24.2 Å². The molecule has 1 aliphatic rings. The average Bonchev–Trinajstić information content (AvgIpc) is 2.46. The van der Waals surface area contributed by atoms with E-state index in [1.165, 1.54) is 12.1 Å². The summed E-state index contributed by atoms with van der Waals surface area (Å²) >= 11 is 0. The number of alkyl halides is 3. The lowest BCUT2D eigenvalue weighted by Gasteiger charge is -2.35. The van der Waals surface area contributed by atoms with Crippen LogP contribution < -0.4 is 10.6 Å². The number of hydrogen-bond acceptors (Lipinski definition) is 3. The van der Waals surface area contributed by atoms with Crippen molar-refractivity contribution in [2.45, 2.75) is 19.6 Å². The molecule has 2 rings (SSSR count). The van der Waals surface area contributed by atoms with E-state index in [1.54, 1.807) is 6.07 Å². The van der Waals surface area contributed by atoms with Crippen LogP contribution in [0.15, 0.2) is 18.2 Å². The molecule has 1 saturated heterocycles. The van der Waals surface area contributed by atoms with Gasteiger partial charge in [-0.25, -0.2) is 0 Å². The van der Waals surface area contributed by atoms with Crippen LogP contribution in [0.5, 0.6) is 0 Å². The highest BCUT2D eigenvalue weighted by molar-refractivity contribution is 5.52. The number of anilines is 1. The molecule has 0 bridgehead atoms. The molecule has 3 nitrogen and oxygen atoms in total. The van der Waals surface area contributed by atoms with E-state index in [4.69, 9.17) is 5.73 Å². The number of piperazine rings is 1. The Balaban J connectivity index is 2.21. The average molecular weight is 287 g/mol. The zero-order valence-corrected chi connectivity index (χ0v) is 11.6. The first-order valence-electron chi connectivity index (χ1n) is 6.83. The molecule has 0 unspecified atom stereocenters. The van der Waals surface area contributed by atoms with Crippen molar-refractivity contribution in [2.24, 2.45) is 5.73 Å². The first kappa shape index (κ1) is 15.1. The Morgan fingerprint density at radius 1 is 1.15 bits per heavy atom. The Bertz CT molecular complexity index is 451. The summed E-state index contributed by atoms with van der Waals surface area (Å²) in [4.78, 5) is 4.29. The second-order valence-electron chi connectivity index (χ2n) is 4.96. The second-order valence-corrected chi connectivity index (χ2v) is 4.96. The number of nitrogens with zero attached hydrogens (tertiary/aromatic N) is 2. The molecule has 0 atom stereocenters. The number of nitrogens with two attached hydrogens (primary N) is 1. The normalized spacial score (nSPS) is 17.6. The van der Waals surface area contributed by atoms with Gasteiger partial charge in [0.1, 0.15) is 0 Å². The maximum absolute atomic E-state index is 13.0. The fourth-order valence-corrected chi connectivity index (χ4v) is 2.53. The van der Waals surface area contributed by atoms with Gasteiger partial charge in [0, 0.05) is 38.4 Å². The van der Waals surface area contributed by atoms with Crippen LogP contribution in [-0.2, 0) is 12.7 Å². The minimum absolute atomic E-state index is 0.0985. The van der Waals surface area contributed by atoms with Crippen LogP contribution in [0.2, 0.25) is 0 Å². The van der Waals surface area contributed by atoms with E-state index >= 15 is 0 Å². The molecule has 0 radical (unpaired) electrons. The zero-order valence-electron chi connectivity index (χ0n) is 11.6. The Hall–Kier alpha value is -1.27. The molecule has 1 aliphatic heterocycles. The van der Waals surface area contributed by atoms with E-state index in [0.29, 0.717) is 5.69 Å². The SMILES string of the molecule is CCN1CCN(c2ccc(CN)c(C(F)(F)F)c2)CC1. The summed E-state index contributed by atoms with van der Waals surface area (Å²) in [6.07, 6.45) is -4.35. The Morgan fingerprint density at radius 2 is 1.80 bits per heavy atom. The fraction of sp³-hybridized carbons (Fsp3) is 0.571. The van der Waals surface area contributed by atoms with Gasteiger partial charge in [-0.3, -0.25) is 0 Å². The third-order valence-corrected chi connectivity index (χ3v) is 3.80. The molecule has 1 fully saturated rings. The van der Waals surface area contributed by atoms with Gasteiger partial charge in [-0.2, -0.15) is 13.2 Å². The lowest BCUT2D eigenvalue weighted by molar-refractivity contribution is -0.138. The minimum Gasteiger partial charge on any atom is -0.369 e. The van der Waals surface area contributed by atoms with E-state index in [-0.39, 0.29) is 12.1 Å². The van der Waals surface area contributed by atoms with Crippen molar-refractivity contribution >= 4 is 5.69 Å². The van der Waals surface area contributed by atoms with Crippen LogP contribution in [0.3, 0.4) is 0 Å². The summed E-state index contributed by atoms with van der Waals surface area (Å²) in [5, 5.41) is 0. The van der Waals surface area contributed by atoms with Crippen LogP contribution in [0.4, 0.5) is 18.9 Å². The maximum atomic E-state index is 13.0. The summed E-state index contributed by atoms with van der Waals surface area (Å²) < 4.78 is 39.1. The van der Waals surface area contributed by atoms with Crippen molar-refractivity contribution in [3.05, 3.63) is 29.3 Å². The van der Waals surface area contributed by atoms with Crippen molar-refractivity contribution in [1.29, 1.82) is 0 Å². The molecular formula is C14H20F3N3. The Kier molecular flexibility index (Phi) is 4.55. The lowest BCUT2D eigenvalue weighted by atomic mass is 10.1. The second kappa shape index (κ2) is 6.01. The first-order valence-corrected chi connectivity index (χ1v) is 6.83. The van der Waals surface area contributed by atoms with Crippen molar-refractivity contribution in [1.82, 2.24) is 4.90 Å². The molecule has 112 valence electrons. The minimum atomic E-state index is -4.35. The van der Waals surface area contributed by atoms with E-state index in [9.17, 15) is 13.2 Å². The molecule has 1 aromatic carbocycles. The molecule has 1 aromatic rings. The molecule has 2 N–H and O–H groups in total. The van der Waals surface area contributed by atoms with Crippen LogP contribution in [0.25, 0.3) is 0 Å². The molecule has 0 aromatic heterocycles. The molecular weight excluding hydrogens is 267 g/mol. The van der Waals surface area contributed by atoms with Crippen molar-refractivity contribution in [2.75, 3.05) is 37.6 Å². The Labute approximate surface area is 117 Å². The summed E-state index contributed by atoms with van der Waals surface area (Å²) in [6.45, 7) is 6.26. The third kappa shape index (κ3) is 3.24. The molecule has 1 heterocycles. The number of rotatable bonds is 3. The van der Waals surface area contributed by atoms with Crippen LogP contribution in [0, 0.1) is 0 Å². The topological polar surface area (TPSA) is 32.5 Å². The van der Waals surface area contributed by atoms with Gasteiger partial charge in [0.05, 0.1) is 5.56 Å². The predicted molar refractivity (Wildman–Crippen MR) is 73.7 cm³/mol. The van der Waals surface area contributed by atoms with Crippen LogP contribution in [0.1, 0.15) is 18.1 Å². The Morgan fingerprint density at radius 3 is 2.30 bits per heavy atom. The summed E-state index contributed by atoms with van der Waals surface area (Å²) in [5.74, 6) is 0. The van der Waals surface area contributed by atoms with Gasteiger partial charge in [0.15, 0.2) is 0 Å². The first-order chi connectivity index (χ1) is 9.45. The fourth-order valence-electron chi connectivity index (χ4n) is 2.53. The highest BCUT2D eigenvalue weighted by Crippen LogP contribution is 2.34. The number of halogens is 3. The van der Waals surface area contributed by atoms with Crippen LogP contribution >= 0.6 is 0 Å². The van der Waals surface area contributed by atoms with Crippen molar-refractivity contribution in [3.63, 3.8) is 0 Å². The van der Waals surface area contributed by atoms with Gasteiger partial charge in [0.2, 0.25) is 0 Å². The van der Waals surface area contributed by atoms with Crippen molar-refractivity contribution in [3.8, 4) is 0 Å². The van der Waals surface area contributed by atoms with E-state index in [2.05, 4.69) is 11.8 Å². The largest absolute Gasteiger partial charge is 0.416 e. The van der Waals surface area contributed by atoms with Gasteiger partial charge in [-0.1, -0.05) is 13.0 Å². The van der Waals surface area contributed by atoms with Crippen molar-refractivity contribution < 1.29 is 13.2 Å². The smallest absolute Gasteiger partial charge is 0.369 e. The maximum Gasteiger partial charge on any atom is 0.416 e. The highest BCUT2D eigenvalue weighted by atomic mass is 19.4. The number of likely N-dealkylation sites (N-methyl/N-ethyl adjacent to an activating group) is 1. The number of hydrogen-bond donors (Lipinski definition) is 1. The molecule has 0 spiro atoms. The summed E-state index contributed by atoms with van der Waals surface area (Å²) in [6, 6.07) is 4.45. The summed E-state index contributed by atoms with van der Waals surface area (Å²) in [7, 11) is 0.